The molecule has 0 saturated carbocycles. The van der Waals surface area contributed by atoms with Crippen LogP contribution >= 0.6 is 0 Å². The van der Waals surface area contributed by atoms with Crippen molar-refractivity contribution in [1.82, 2.24) is 0 Å². The fourth-order valence-electron chi connectivity index (χ4n) is 2.44. The molecule has 2 nitrogen and oxygen atoms in total. The summed E-state index contributed by atoms with van der Waals surface area (Å²) >= 11 is 0. The molecule has 0 N–H and O–H groups in total. The average Bonchev–Trinajstić information content (AvgIpc) is 2.46. The highest BCUT2D eigenvalue weighted by Gasteiger charge is 2.11. The summed E-state index contributed by atoms with van der Waals surface area (Å²) < 4.78 is 5.57. The van der Waals surface area contributed by atoms with Crippen LogP contribution in [-0.2, 0) is 9.53 Å². The molecule has 0 aromatic heterocycles. The zero-order chi connectivity index (χ0) is 15.1. The lowest BCUT2D eigenvalue weighted by molar-refractivity contribution is -0.149. The summed E-state index contributed by atoms with van der Waals surface area (Å²) in [5.74, 6) is 0.0165. The number of carbonyl (C=O) groups is 1. The van der Waals surface area contributed by atoms with E-state index >= 15 is 0 Å². The summed E-state index contributed by atoms with van der Waals surface area (Å²) in [5.41, 5.74) is 0. The maximum absolute atomic E-state index is 11.8. The van der Waals surface area contributed by atoms with E-state index in [1.165, 1.54) is 57.8 Å². The lowest BCUT2D eigenvalue weighted by atomic mass is 10.1. The second kappa shape index (κ2) is 14.9. The van der Waals surface area contributed by atoms with E-state index in [2.05, 4.69) is 20.8 Å². The molecule has 0 spiro atoms. The maximum Gasteiger partial charge on any atom is 0.306 e. The van der Waals surface area contributed by atoms with Crippen LogP contribution in [0.1, 0.15) is 104 Å². The SMILES string of the molecule is CCCCCCCCC(=O)OC(CC)CCCCCC. The van der Waals surface area contributed by atoms with Gasteiger partial charge in [0.05, 0.1) is 0 Å². The van der Waals surface area contributed by atoms with Crippen molar-refractivity contribution in [3.8, 4) is 0 Å². The lowest BCUT2D eigenvalue weighted by Gasteiger charge is -2.16. The number of unbranched alkanes of at least 4 members (excludes halogenated alkanes) is 8. The van der Waals surface area contributed by atoms with E-state index in [-0.39, 0.29) is 12.1 Å². The number of hydrogen-bond donors (Lipinski definition) is 0. The summed E-state index contributed by atoms with van der Waals surface area (Å²) in [4.78, 5) is 11.8. The number of carbonyl (C=O) groups excluding carboxylic acids is 1. The summed E-state index contributed by atoms with van der Waals surface area (Å²) in [6.07, 6.45) is 15.1. The molecule has 0 radical (unpaired) electrons. The van der Waals surface area contributed by atoms with Gasteiger partial charge in [-0.05, 0) is 25.7 Å². The van der Waals surface area contributed by atoms with Gasteiger partial charge in [-0.3, -0.25) is 4.79 Å². The van der Waals surface area contributed by atoms with Crippen LogP contribution in [0.15, 0.2) is 0 Å². The predicted molar refractivity (Wildman–Crippen MR) is 86.9 cm³/mol. The first kappa shape index (κ1) is 19.5. The van der Waals surface area contributed by atoms with Crippen molar-refractivity contribution in [2.24, 2.45) is 0 Å². The predicted octanol–water partition coefficient (Wildman–Crippen LogP) is 6.03. The van der Waals surface area contributed by atoms with Crippen molar-refractivity contribution in [2.45, 2.75) is 110 Å². The molecule has 0 bridgehead atoms. The molecule has 0 fully saturated rings. The Morgan fingerprint density at radius 3 is 1.95 bits per heavy atom. The van der Waals surface area contributed by atoms with Crippen molar-refractivity contribution < 1.29 is 9.53 Å². The highest BCUT2D eigenvalue weighted by molar-refractivity contribution is 5.69. The van der Waals surface area contributed by atoms with Crippen LogP contribution < -0.4 is 0 Å². The Balaban J connectivity index is 3.54. The van der Waals surface area contributed by atoms with Crippen LogP contribution in [0.5, 0.6) is 0 Å². The summed E-state index contributed by atoms with van der Waals surface area (Å²) in [6.45, 7) is 6.56. The first-order valence-electron chi connectivity index (χ1n) is 8.94. The van der Waals surface area contributed by atoms with Gasteiger partial charge < -0.3 is 4.74 Å². The topological polar surface area (TPSA) is 26.3 Å². The van der Waals surface area contributed by atoms with Crippen molar-refractivity contribution in [3.63, 3.8) is 0 Å². The number of hydrogen-bond acceptors (Lipinski definition) is 2. The molecule has 0 heterocycles. The molecule has 0 aliphatic rings. The van der Waals surface area contributed by atoms with Gasteiger partial charge in [0, 0.05) is 6.42 Å². The van der Waals surface area contributed by atoms with Gasteiger partial charge in [-0.2, -0.15) is 0 Å². The van der Waals surface area contributed by atoms with E-state index in [4.69, 9.17) is 4.74 Å². The molecule has 20 heavy (non-hydrogen) atoms. The van der Waals surface area contributed by atoms with E-state index in [0.29, 0.717) is 6.42 Å². The van der Waals surface area contributed by atoms with Crippen molar-refractivity contribution >= 4 is 5.97 Å². The summed E-state index contributed by atoms with van der Waals surface area (Å²) in [5, 5.41) is 0. The minimum absolute atomic E-state index is 0.0165. The average molecular weight is 284 g/mol. The number of ether oxygens (including phenoxy) is 1. The molecule has 0 aliphatic carbocycles. The number of rotatable bonds is 14. The first-order chi connectivity index (χ1) is 9.74. The monoisotopic (exact) mass is 284 g/mol. The minimum Gasteiger partial charge on any atom is -0.462 e. The van der Waals surface area contributed by atoms with Crippen molar-refractivity contribution in [2.75, 3.05) is 0 Å². The van der Waals surface area contributed by atoms with E-state index < -0.39 is 0 Å². The molecule has 0 aliphatic heterocycles. The largest absolute Gasteiger partial charge is 0.462 e. The highest BCUT2D eigenvalue weighted by atomic mass is 16.5. The Hall–Kier alpha value is -0.530. The zero-order valence-corrected chi connectivity index (χ0v) is 14.1. The molecule has 0 aromatic carbocycles. The minimum atomic E-state index is 0.0165. The molecular weight excluding hydrogens is 248 g/mol. The van der Waals surface area contributed by atoms with Crippen LogP contribution in [0.25, 0.3) is 0 Å². The van der Waals surface area contributed by atoms with Gasteiger partial charge in [0.2, 0.25) is 0 Å². The third-order valence-corrected chi connectivity index (χ3v) is 3.87. The Morgan fingerprint density at radius 1 is 0.800 bits per heavy atom. The Morgan fingerprint density at radius 2 is 1.35 bits per heavy atom. The smallest absolute Gasteiger partial charge is 0.306 e. The summed E-state index contributed by atoms with van der Waals surface area (Å²) in [6, 6.07) is 0. The molecule has 0 amide bonds. The third kappa shape index (κ3) is 12.5. The van der Waals surface area contributed by atoms with Crippen molar-refractivity contribution in [3.05, 3.63) is 0 Å². The van der Waals surface area contributed by atoms with E-state index in [9.17, 15) is 4.79 Å². The van der Waals surface area contributed by atoms with Gasteiger partial charge in [0.15, 0.2) is 0 Å². The molecule has 120 valence electrons. The lowest BCUT2D eigenvalue weighted by Crippen LogP contribution is -2.17. The molecule has 1 unspecified atom stereocenters. The van der Waals surface area contributed by atoms with E-state index in [1.807, 2.05) is 0 Å². The Kier molecular flexibility index (Phi) is 14.5. The van der Waals surface area contributed by atoms with Crippen LogP contribution in [0, 0.1) is 0 Å². The van der Waals surface area contributed by atoms with Gasteiger partial charge >= 0.3 is 5.97 Å². The fourth-order valence-corrected chi connectivity index (χ4v) is 2.44. The standard InChI is InChI=1S/C18H36O2/c1-4-7-9-11-12-14-16-18(19)20-17(6-3)15-13-10-8-5-2/h17H,4-16H2,1-3H3. The van der Waals surface area contributed by atoms with Crippen LogP contribution in [0.4, 0.5) is 0 Å². The van der Waals surface area contributed by atoms with Crippen LogP contribution in [-0.4, -0.2) is 12.1 Å². The highest BCUT2D eigenvalue weighted by Crippen LogP contribution is 2.13. The maximum atomic E-state index is 11.8. The van der Waals surface area contributed by atoms with E-state index in [0.717, 1.165) is 19.3 Å². The molecule has 0 aromatic rings. The quantitative estimate of drug-likeness (QED) is 0.287. The van der Waals surface area contributed by atoms with E-state index in [1.54, 1.807) is 0 Å². The fraction of sp³-hybridized carbons (Fsp3) is 0.944. The van der Waals surface area contributed by atoms with Crippen molar-refractivity contribution in [1.29, 1.82) is 0 Å². The Labute approximate surface area is 126 Å². The van der Waals surface area contributed by atoms with Gasteiger partial charge in [-0.1, -0.05) is 72.1 Å². The van der Waals surface area contributed by atoms with Crippen LogP contribution in [0.2, 0.25) is 0 Å². The first-order valence-corrected chi connectivity index (χ1v) is 8.94. The van der Waals surface area contributed by atoms with Gasteiger partial charge in [0.1, 0.15) is 6.10 Å². The normalized spacial score (nSPS) is 12.3. The summed E-state index contributed by atoms with van der Waals surface area (Å²) in [7, 11) is 0. The second-order valence-corrected chi connectivity index (χ2v) is 5.89. The second-order valence-electron chi connectivity index (χ2n) is 5.89. The molecule has 2 heteroatoms. The molecule has 1 atom stereocenters. The van der Waals surface area contributed by atoms with Gasteiger partial charge in [-0.25, -0.2) is 0 Å². The zero-order valence-electron chi connectivity index (χ0n) is 14.1. The molecule has 0 saturated heterocycles. The Bertz CT molecular complexity index is 213. The molecular formula is C18H36O2. The van der Waals surface area contributed by atoms with Gasteiger partial charge in [-0.15, -0.1) is 0 Å². The third-order valence-electron chi connectivity index (χ3n) is 3.87. The van der Waals surface area contributed by atoms with Gasteiger partial charge in [0.25, 0.3) is 0 Å². The molecule has 0 rings (SSSR count). The van der Waals surface area contributed by atoms with Crippen LogP contribution in [0.3, 0.4) is 0 Å². The number of esters is 1.